The Balaban J connectivity index is 2.23. The molecule has 0 N–H and O–H groups in total. The van der Waals surface area contributed by atoms with Crippen LogP contribution in [0.2, 0.25) is 5.02 Å². The number of halogens is 3. The van der Waals surface area contributed by atoms with Gasteiger partial charge in [-0.05, 0) is 12.1 Å². The molecule has 0 radical (unpaired) electrons. The molecule has 0 saturated heterocycles. The van der Waals surface area contributed by atoms with Crippen molar-refractivity contribution in [1.29, 1.82) is 0 Å². The van der Waals surface area contributed by atoms with Gasteiger partial charge in [0.15, 0.2) is 5.58 Å². The maximum absolute atomic E-state index is 11.9. The van der Waals surface area contributed by atoms with Crippen molar-refractivity contribution in [2.75, 3.05) is 5.75 Å². The third-order valence-electron chi connectivity index (χ3n) is 1.66. The monoisotopic (exact) mass is 249 g/mol. The molecule has 6 heteroatoms. The van der Waals surface area contributed by atoms with Crippen molar-refractivity contribution in [3.05, 3.63) is 23.2 Å². The summed E-state index contributed by atoms with van der Waals surface area (Å²) in [5.41, 5.74) is 1.13. The van der Waals surface area contributed by atoms with Crippen molar-refractivity contribution < 1.29 is 13.2 Å². The number of alkyl halides is 2. The van der Waals surface area contributed by atoms with Crippen LogP contribution in [-0.2, 0) is 0 Å². The van der Waals surface area contributed by atoms with E-state index in [9.17, 15) is 8.78 Å². The molecule has 0 unspecified atom stereocenters. The normalized spacial score (nSPS) is 11.5. The predicted octanol–water partition coefficient (Wildman–Crippen LogP) is 3.84. The van der Waals surface area contributed by atoms with Gasteiger partial charge in [0.25, 0.3) is 5.22 Å². The zero-order valence-electron chi connectivity index (χ0n) is 7.41. The average molecular weight is 250 g/mol. The van der Waals surface area contributed by atoms with Gasteiger partial charge in [-0.1, -0.05) is 23.4 Å². The van der Waals surface area contributed by atoms with E-state index in [1.54, 1.807) is 18.2 Å². The summed E-state index contributed by atoms with van der Waals surface area (Å²) in [6, 6.07) is 4.97. The highest BCUT2D eigenvalue weighted by Crippen LogP contribution is 2.26. The lowest BCUT2D eigenvalue weighted by Crippen LogP contribution is -1.92. The molecule has 0 saturated carbocycles. The zero-order valence-corrected chi connectivity index (χ0v) is 8.99. The van der Waals surface area contributed by atoms with E-state index in [-0.39, 0.29) is 11.0 Å². The Morgan fingerprint density at radius 2 is 2.27 bits per heavy atom. The highest BCUT2D eigenvalue weighted by atomic mass is 35.5. The Morgan fingerprint density at radius 3 is 3.00 bits per heavy atom. The molecule has 2 aromatic rings. The van der Waals surface area contributed by atoms with Crippen LogP contribution in [0.3, 0.4) is 0 Å². The summed E-state index contributed by atoms with van der Waals surface area (Å²) in [5.74, 6) is -0.319. The van der Waals surface area contributed by atoms with Crippen molar-refractivity contribution in [2.24, 2.45) is 0 Å². The number of oxazole rings is 1. The van der Waals surface area contributed by atoms with Crippen molar-refractivity contribution in [2.45, 2.75) is 11.6 Å². The molecule has 0 amide bonds. The first-order chi connectivity index (χ1) is 7.15. The number of aromatic nitrogens is 1. The van der Waals surface area contributed by atoms with E-state index in [4.69, 9.17) is 16.0 Å². The molecule has 1 heterocycles. The Morgan fingerprint density at radius 1 is 1.47 bits per heavy atom. The third kappa shape index (κ3) is 2.60. The molecular formula is C9H6ClF2NOS. The molecule has 0 aliphatic rings. The molecule has 0 aliphatic carbocycles. The average Bonchev–Trinajstić information content (AvgIpc) is 2.56. The minimum Gasteiger partial charge on any atom is -0.431 e. The number of hydrogen-bond donors (Lipinski definition) is 0. The maximum Gasteiger partial charge on any atom is 0.256 e. The van der Waals surface area contributed by atoms with Crippen molar-refractivity contribution in [1.82, 2.24) is 4.98 Å². The van der Waals surface area contributed by atoms with E-state index < -0.39 is 6.43 Å². The second-order valence-corrected chi connectivity index (χ2v) is 4.20. The number of fused-ring (bicyclic) bond motifs is 1. The first-order valence-electron chi connectivity index (χ1n) is 4.12. The minimum absolute atomic E-state index is 0.243. The van der Waals surface area contributed by atoms with Crippen LogP contribution in [0, 0.1) is 0 Å². The van der Waals surface area contributed by atoms with Crippen LogP contribution in [-0.4, -0.2) is 17.2 Å². The van der Waals surface area contributed by atoms with Gasteiger partial charge < -0.3 is 4.42 Å². The summed E-state index contributed by atoms with van der Waals surface area (Å²) in [6.45, 7) is 0. The zero-order chi connectivity index (χ0) is 10.8. The largest absolute Gasteiger partial charge is 0.431 e. The summed E-state index contributed by atoms with van der Waals surface area (Å²) in [6.07, 6.45) is -2.37. The van der Waals surface area contributed by atoms with E-state index in [1.165, 1.54) is 0 Å². The van der Waals surface area contributed by atoms with Crippen molar-refractivity contribution in [3.63, 3.8) is 0 Å². The van der Waals surface area contributed by atoms with Gasteiger partial charge >= 0.3 is 0 Å². The summed E-state index contributed by atoms with van der Waals surface area (Å²) in [5, 5.41) is 0.775. The second-order valence-electron chi connectivity index (χ2n) is 2.79. The van der Waals surface area contributed by atoms with Gasteiger partial charge in [0.2, 0.25) is 6.43 Å². The lowest BCUT2D eigenvalue weighted by molar-refractivity contribution is 0.176. The third-order valence-corrected chi connectivity index (χ3v) is 2.74. The molecule has 0 spiro atoms. The summed E-state index contributed by atoms with van der Waals surface area (Å²) in [7, 11) is 0. The van der Waals surface area contributed by atoms with Crippen LogP contribution < -0.4 is 0 Å². The number of hydrogen-bond acceptors (Lipinski definition) is 3. The fourth-order valence-corrected chi connectivity index (χ4v) is 1.82. The molecule has 15 heavy (non-hydrogen) atoms. The summed E-state index contributed by atoms with van der Waals surface area (Å²) >= 11 is 6.63. The molecule has 1 aromatic heterocycles. The smallest absolute Gasteiger partial charge is 0.256 e. The van der Waals surface area contributed by atoms with E-state index in [0.717, 1.165) is 11.8 Å². The Kier molecular flexibility index (Phi) is 3.11. The molecule has 2 nitrogen and oxygen atoms in total. The Bertz CT molecular complexity index is 474. The summed E-state index contributed by atoms with van der Waals surface area (Å²) < 4.78 is 29.1. The molecule has 0 aliphatic heterocycles. The number of benzene rings is 1. The Labute approximate surface area is 93.6 Å². The SMILES string of the molecule is FC(F)CSc1nc2ccc(Cl)cc2o1. The first-order valence-corrected chi connectivity index (χ1v) is 5.48. The topological polar surface area (TPSA) is 26.0 Å². The van der Waals surface area contributed by atoms with E-state index in [2.05, 4.69) is 4.98 Å². The molecule has 80 valence electrons. The van der Waals surface area contributed by atoms with Gasteiger partial charge in [-0.15, -0.1) is 0 Å². The van der Waals surface area contributed by atoms with E-state index >= 15 is 0 Å². The van der Waals surface area contributed by atoms with E-state index in [0.29, 0.717) is 16.1 Å². The van der Waals surface area contributed by atoms with Crippen LogP contribution in [0.4, 0.5) is 8.78 Å². The van der Waals surface area contributed by atoms with Gasteiger partial charge in [-0.2, -0.15) is 0 Å². The van der Waals surface area contributed by atoms with Crippen LogP contribution >= 0.6 is 23.4 Å². The number of nitrogens with zero attached hydrogens (tertiary/aromatic N) is 1. The lowest BCUT2D eigenvalue weighted by Gasteiger charge is -1.92. The molecule has 1 aromatic carbocycles. The van der Waals surface area contributed by atoms with Crippen molar-refractivity contribution >= 4 is 34.5 Å². The van der Waals surface area contributed by atoms with Crippen LogP contribution in [0.15, 0.2) is 27.8 Å². The highest BCUT2D eigenvalue weighted by Gasteiger charge is 2.10. The molecule has 0 fully saturated rings. The fraction of sp³-hybridized carbons (Fsp3) is 0.222. The molecule has 0 bridgehead atoms. The lowest BCUT2D eigenvalue weighted by atomic mass is 10.3. The second kappa shape index (κ2) is 4.37. The van der Waals surface area contributed by atoms with Crippen LogP contribution in [0.25, 0.3) is 11.1 Å². The van der Waals surface area contributed by atoms with Crippen LogP contribution in [0.5, 0.6) is 0 Å². The first kappa shape index (κ1) is 10.7. The molecule has 0 atom stereocenters. The minimum atomic E-state index is -2.37. The quantitative estimate of drug-likeness (QED) is 0.773. The van der Waals surface area contributed by atoms with Crippen LogP contribution in [0.1, 0.15) is 0 Å². The standard InChI is InChI=1S/C9H6ClF2NOS/c10-5-1-2-6-7(3-5)14-9(13-6)15-4-8(11)12/h1-3,8H,4H2. The van der Waals surface area contributed by atoms with Gasteiger partial charge in [0.1, 0.15) is 5.52 Å². The highest BCUT2D eigenvalue weighted by molar-refractivity contribution is 7.99. The number of thioether (sulfide) groups is 1. The molecule has 2 rings (SSSR count). The van der Waals surface area contributed by atoms with Gasteiger partial charge in [0, 0.05) is 11.1 Å². The maximum atomic E-state index is 11.9. The van der Waals surface area contributed by atoms with Gasteiger partial charge in [-0.3, -0.25) is 0 Å². The van der Waals surface area contributed by atoms with Gasteiger partial charge in [0.05, 0.1) is 5.75 Å². The van der Waals surface area contributed by atoms with E-state index in [1.807, 2.05) is 0 Å². The number of rotatable bonds is 3. The molecular weight excluding hydrogens is 244 g/mol. The Hall–Kier alpha value is -0.810. The predicted molar refractivity (Wildman–Crippen MR) is 55.7 cm³/mol. The fourth-order valence-electron chi connectivity index (χ4n) is 1.07. The van der Waals surface area contributed by atoms with Gasteiger partial charge in [-0.25, -0.2) is 13.8 Å². The summed E-state index contributed by atoms with van der Waals surface area (Å²) in [4.78, 5) is 4.03. The van der Waals surface area contributed by atoms with Crippen molar-refractivity contribution in [3.8, 4) is 0 Å².